The van der Waals surface area contributed by atoms with Gasteiger partial charge in [0.05, 0.1) is 6.61 Å². The molecule has 0 saturated carbocycles. The largest absolute Gasteiger partial charge is 0.381 e. The monoisotopic (exact) mass is 239 g/mol. The summed E-state index contributed by atoms with van der Waals surface area (Å²) < 4.78 is 5.35. The molecule has 0 spiro atoms. The number of halogens is 1. The van der Waals surface area contributed by atoms with Crippen molar-refractivity contribution in [1.82, 2.24) is 5.32 Å². The van der Waals surface area contributed by atoms with Gasteiger partial charge in [-0.25, -0.2) is 0 Å². The van der Waals surface area contributed by atoms with Crippen molar-refractivity contribution in [3.8, 4) is 0 Å². The number of hydrogen-bond acceptors (Lipinski definition) is 2. The van der Waals surface area contributed by atoms with Crippen LogP contribution in [0.2, 0.25) is 5.02 Å². The maximum atomic E-state index is 5.97. The van der Waals surface area contributed by atoms with Gasteiger partial charge in [0.15, 0.2) is 0 Å². The van der Waals surface area contributed by atoms with Crippen LogP contribution in [0.1, 0.15) is 24.9 Å². The second-order valence-electron chi connectivity index (χ2n) is 4.41. The van der Waals surface area contributed by atoms with Crippen LogP contribution in [0.25, 0.3) is 0 Å². The molecule has 2 rings (SSSR count). The van der Waals surface area contributed by atoms with Gasteiger partial charge < -0.3 is 10.1 Å². The van der Waals surface area contributed by atoms with E-state index in [1.807, 2.05) is 18.2 Å². The highest BCUT2D eigenvalue weighted by Crippen LogP contribution is 2.18. The Kier molecular flexibility index (Phi) is 4.22. The lowest BCUT2D eigenvalue weighted by Gasteiger charge is -2.16. The van der Waals surface area contributed by atoms with Gasteiger partial charge in [0.25, 0.3) is 0 Å². The van der Waals surface area contributed by atoms with Crippen molar-refractivity contribution in [3.05, 3.63) is 34.9 Å². The van der Waals surface area contributed by atoms with Crippen LogP contribution in [0.5, 0.6) is 0 Å². The molecule has 0 radical (unpaired) electrons. The predicted octanol–water partition coefficient (Wildman–Crippen LogP) is 3.03. The van der Waals surface area contributed by atoms with Crippen molar-refractivity contribution in [2.75, 3.05) is 19.8 Å². The summed E-state index contributed by atoms with van der Waals surface area (Å²) >= 11 is 5.97. The molecule has 0 amide bonds. The molecule has 2 nitrogen and oxygen atoms in total. The Bertz CT molecular complexity index is 336. The van der Waals surface area contributed by atoms with Crippen LogP contribution in [0.3, 0.4) is 0 Å². The summed E-state index contributed by atoms with van der Waals surface area (Å²) in [4.78, 5) is 0. The molecule has 2 atom stereocenters. The number of benzene rings is 1. The number of nitrogens with one attached hydrogen (secondary N) is 1. The van der Waals surface area contributed by atoms with Gasteiger partial charge in [0, 0.05) is 24.2 Å². The van der Waals surface area contributed by atoms with Gasteiger partial charge in [-0.05, 0) is 37.0 Å². The first-order valence-corrected chi connectivity index (χ1v) is 6.20. The van der Waals surface area contributed by atoms with E-state index in [-0.39, 0.29) is 0 Å². The van der Waals surface area contributed by atoms with Gasteiger partial charge in [-0.15, -0.1) is 0 Å². The molecule has 1 aliphatic heterocycles. The molecule has 3 heteroatoms. The lowest BCUT2D eigenvalue weighted by Crippen LogP contribution is -2.25. The summed E-state index contributed by atoms with van der Waals surface area (Å²) in [6.07, 6.45) is 1.18. The van der Waals surface area contributed by atoms with Crippen LogP contribution in [0, 0.1) is 5.92 Å². The first-order valence-electron chi connectivity index (χ1n) is 5.82. The Morgan fingerprint density at radius 1 is 1.56 bits per heavy atom. The molecule has 88 valence electrons. The second kappa shape index (κ2) is 5.67. The van der Waals surface area contributed by atoms with Crippen molar-refractivity contribution in [2.24, 2.45) is 5.92 Å². The molecule has 1 aliphatic rings. The van der Waals surface area contributed by atoms with Gasteiger partial charge in [-0.3, -0.25) is 0 Å². The minimum atomic E-state index is 0.347. The molecule has 16 heavy (non-hydrogen) atoms. The molecular formula is C13H18ClNO. The van der Waals surface area contributed by atoms with E-state index in [2.05, 4.69) is 18.3 Å². The van der Waals surface area contributed by atoms with Gasteiger partial charge in [-0.2, -0.15) is 0 Å². The molecule has 1 unspecified atom stereocenters. The van der Waals surface area contributed by atoms with Crippen LogP contribution >= 0.6 is 11.6 Å². The summed E-state index contributed by atoms with van der Waals surface area (Å²) in [5, 5.41) is 4.33. The van der Waals surface area contributed by atoms with E-state index in [0.29, 0.717) is 12.0 Å². The zero-order valence-corrected chi connectivity index (χ0v) is 10.3. The number of ether oxygens (including phenoxy) is 1. The highest BCUT2D eigenvalue weighted by Gasteiger charge is 2.16. The number of rotatable bonds is 4. The third kappa shape index (κ3) is 3.21. The minimum Gasteiger partial charge on any atom is -0.381 e. The zero-order valence-electron chi connectivity index (χ0n) is 9.58. The fourth-order valence-electron chi connectivity index (χ4n) is 1.98. The topological polar surface area (TPSA) is 21.3 Å². The fraction of sp³-hybridized carbons (Fsp3) is 0.538. The Balaban J connectivity index is 1.85. The van der Waals surface area contributed by atoms with E-state index in [4.69, 9.17) is 16.3 Å². The van der Waals surface area contributed by atoms with Gasteiger partial charge in [-0.1, -0.05) is 23.7 Å². The van der Waals surface area contributed by atoms with E-state index in [9.17, 15) is 0 Å². The molecule has 1 fully saturated rings. The molecule has 1 N–H and O–H groups in total. The molecule has 1 saturated heterocycles. The maximum Gasteiger partial charge on any atom is 0.0507 e. The first-order chi connectivity index (χ1) is 7.75. The van der Waals surface area contributed by atoms with Crippen molar-refractivity contribution in [1.29, 1.82) is 0 Å². The van der Waals surface area contributed by atoms with E-state index in [1.165, 1.54) is 12.0 Å². The lowest BCUT2D eigenvalue weighted by atomic mass is 10.1. The molecule has 1 heterocycles. The molecule has 1 aromatic rings. The average Bonchev–Trinajstić information content (AvgIpc) is 2.78. The van der Waals surface area contributed by atoms with Gasteiger partial charge >= 0.3 is 0 Å². The molecule has 0 aliphatic carbocycles. The molecular weight excluding hydrogens is 222 g/mol. The normalized spacial score (nSPS) is 22.2. The smallest absolute Gasteiger partial charge is 0.0507 e. The van der Waals surface area contributed by atoms with E-state index < -0.39 is 0 Å². The Labute approximate surface area is 102 Å². The van der Waals surface area contributed by atoms with E-state index in [0.717, 1.165) is 24.8 Å². The summed E-state index contributed by atoms with van der Waals surface area (Å²) in [5.74, 6) is 0.668. The molecule has 0 bridgehead atoms. The fourth-order valence-corrected chi connectivity index (χ4v) is 2.18. The maximum absolute atomic E-state index is 5.97. The van der Waals surface area contributed by atoms with Gasteiger partial charge in [0.1, 0.15) is 0 Å². The SMILES string of the molecule is C[C@@H](NCC1CCOC1)c1cccc(Cl)c1. The van der Waals surface area contributed by atoms with Crippen molar-refractivity contribution < 1.29 is 4.74 Å². The van der Waals surface area contributed by atoms with Crippen molar-refractivity contribution in [2.45, 2.75) is 19.4 Å². The van der Waals surface area contributed by atoms with Crippen molar-refractivity contribution in [3.63, 3.8) is 0 Å². The summed E-state index contributed by atoms with van der Waals surface area (Å²) in [6.45, 7) is 5.00. The van der Waals surface area contributed by atoms with Crippen LogP contribution in [0.15, 0.2) is 24.3 Å². The predicted molar refractivity (Wildman–Crippen MR) is 66.8 cm³/mol. The average molecular weight is 240 g/mol. The van der Waals surface area contributed by atoms with Crippen LogP contribution in [-0.4, -0.2) is 19.8 Å². The highest BCUT2D eigenvalue weighted by molar-refractivity contribution is 6.30. The minimum absolute atomic E-state index is 0.347. The quantitative estimate of drug-likeness (QED) is 0.872. The van der Waals surface area contributed by atoms with Crippen molar-refractivity contribution >= 4 is 11.6 Å². The van der Waals surface area contributed by atoms with Crippen LogP contribution < -0.4 is 5.32 Å². The Morgan fingerprint density at radius 3 is 3.12 bits per heavy atom. The molecule has 0 aromatic heterocycles. The second-order valence-corrected chi connectivity index (χ2v) is 4.85. The summed E-state index contributed by atoms with van der Waals surface area (Å²) in [6, 6.07) is 8.37. The third-order valence-electron chi connectivity index (χ3n) is 3.09. The Hall–Kier alpha value is -0.570. The van der Waals surface area contributed by atoms with Gasteiger partial charge in [0.2, 0.25) is 0 Å². The molecule has 1 aromatic carbocycles. The Morgan fingerprint density at radius 2 is 2.44 bits per heavy atom. The standard InChI is InChI=1S/C13H18ClNO/c1-10(12-3-2-4-13(14)7-12)15-8-11-5-6-16-9-11/h2-4,7,10-11,15H,5-6,8-9H2,1H3/t10-,11?/m1/s1. The van der Waals surface area contributed by atoms with Crippen LogP contribution in [0.4, 0.5) is 0 Å². The van der Waals surface area contributed by atoms with E-state index >= 15 is 0 Å². The first kappa shape index (κ1) is 11.9. The highest BCUT2D eigenvalue weighted by atomic mass is 35.5. The number of hydrogen-bond donors (Lipinski definition) is 1. The summed E-state index contributed by atoms with van der Waals surface area (Å²) in [7, 11) is 0. The summed E-state index contributed by atoms with van der Waals surface area (Å²) in [5.41, 5.74) is 1.24. The van der Waals surface area contributed by atoms with Crippen LogP contribution in [-0.2, 0) is 4.74 Å². The van der Waals surface area contributed by atoms with E-state index in [1.54, 1.807) is 0 Å². The zero-order chi connectivity index (χ0) is 11.4. The third-order valence-corrected chi connectivity index (χ3v) is 3.32. The lowest BCUT2D eigenvalue weighted by molar-refractivity contribution is 0.184.